The molecule has 0 atom stereocenters. The van der Waals surface area contributed by atoms with Crippen molar-refractivity contribution in [1.29, 1.82) is 0 Å². The SMILES string of the molecule is CN(C)c1ccc(-c2[nH]ncc2N)cn1. The maximum Gasteiger partial charge on any atom is 0.127 e. The predicted octanol–water partition coefficient (Wildman–Crippen LogP) is 1.12. The Labute approximate surface area is 87.9 Å². The molecule has 2 rings (SSSR count). The van der Waals surface area contributed by atoms with Crippen LogP contribution in [0.1, 0.15) is 0 Å². The molecule has 0 amide bonds. The highest BCUT2D eigenvalue weighted by Gasteiger charge is 2.05. The summed E-state index contributed by atoms with van der Waals surface area (Å²) in [4.78, 5) is 6.24. The molecule has 0 saturated heterocycles. The number of H-pyrrole nitrogens is 1. The van der Waals surface area contributed by atoms with Crippen molar-refractivity contribution in [3.8, 4) is 11.3 Å². The maximum atomic E-state index is 5.74. The number of hydrogen-bond donors (Lipinski definition) is 2. The first-order chi connectivity index (χ1) is 7.18. The lowest BCUT2D eigenvalue weighted by Crippen LogP contribution is -2.10. The van der Waals surface area contributed by atoms with Crippen LogP contribution in [0.2, 0.25) is 0 Å². The fourth-order valence-corrected chi connectivity index (χ4v) is 1.33. The zero-order valence-electron chi connectivity index (χ0n) is 8.73. The third kappa shape index (κ3) is 1.76. The van der Waals surface area contributed by atoms with Crippen molar-refractivity contribution in [2.24, 2.45) is 0 Å². The molecule has 0 aliphatic carbocycles. The molecule has 0 aromatic carbocycles. The van der Waals surface area contributed by atoms with Crippen molar-refractivity contribution in [3.05, 3.63) is 24.5 Å². The number of pyridine rings is 1. The average Bonchev–Trinajstić information content (AvgIpc) is 2.65. The summed E-state index contributed by atoms with van der Waals surface area (Å²) in [6.07, 6.45) is 3.37. The van der Waals surface area contributed by atoms with E-state index in [0.717, 1.165) is 17.1 Å². The summed E-state index contributed by atoms with van der Waals surface area (Å²) in [6.45, 7) is 0. The van der Waals surface area contributed by atoms with Gasteiger partial charge in [-0.1, -0.05) is 0 Å². The molecule has 3 N–H and O–H groups in total. The van der Waals surface area contributed by atoms with Crippen molar-refractivity contribution < 1.29 is 0 Å². The van der Waals surface area contributed by atoms with E-state index in [1.807, 2.05) is 31.1 Å². The number of hydrogen-bond acceptors (Lipinski definition) is 4. The van der Waals surface area contributed by atoms with Crippen LogP contribution in [-0.4, -0.2) is 29.3 Å². The second kappa shape index (κ2) is 3.61. The van der Waals surface area contributed by atoms with E-state index in [4.69, 9.17) is 5.73 Å². The molecule has 2 aromatic heterocycles. The van der Waals surface area contributed by atoms with Gasteiger partial charge < -0.3 is 10.6 Å². The number of anilines is 2. The Kier molecular flexibility index (Phi) is 2.29. The van der Waals surface area contributed by atoms with Crippen LogP contribution in [0.25, 0.3) is 11.3 Å². The summed E-state index contributed by atoms with van der Waals surface area (Å²) in [5, 5.41) is 6.71. The Bertz CT molecular complexity index is 443. The highest BCUT2D eigenvalue weighted by atomic mass is 15.1. The van der Waals surface area contributed by atoms with Crippen molar-refractivity contribution in [2.75, 3.05) is 24.7 Å². The fraction of sp³-hybridized carbons (Fsp3) is 0.200. The molecule has 5 heteroatoms. The zero-order valence-corrected chi connectivity index (χ0v) is 8.73. The van der Waals surface area contributed by atoms with Crippen molar-refractivity contribution in [1.82, 2.24) is 15.2 Å². The van der Waals surface area contributed by atoms with E-state index in [0.29, 0.717) is 5.69 Å². The molecule has 0 aliphatic heterocycles. The summed E-state index contributed by atoms with van der Waals surface area (Å²) in [6, 6.07) is 3.90. The minimum atomic E-state index is 0.634. The van der Waals surface area contributed by atoms with Gasteiger partial charge >= 0.3 is 0 Å². The summed E-state index contributed by atoms with van der Waals surface area (Å²) < 4.78 is 0. The van der Waals surface area contributed by atoms with Crippen LogP contribution in [-0.2, 0) is 0 Å². The van der Waals surface area contributed by atoms with E-state index in [1.165, 1.54) is 0 Å². The number of aromatic nitrogens is 3. The minimum Gasteiger partial charge on any atom is -0.396 e. The van der Waals surface area contributed by atoms with E-state index in [9.17, 15) is 0 Å². The molecule has 78 valence electrons. The van der Waals surface area contributed by atoms with Crippen LogP contribution in [0.15, 0.2) is 24.5 Å². The number of aromatic amines is 1. The molecule has 15 heavy (non-hydrogen) atoms. The Balaban J connectivity index is 2.36. The van der Waals surface area contributed by atoms with Crippen molar-refractivity contribution in [2.45, 2.75) is 0 Å². The second-order valence-electron chi connectivity index (χ2n) is 3.50. The van der Waals surface area contributed by atoms with E-state index in [1.54, 1.807) is 12.4 Å². The third-order valence-corrected chi connectivity index (χ3v) is 2.16. The van der Waals surface area contributed by atoms with Crippen LogP contribution >= 0.6 is 0 Å². The van der Waals surface area contributed by atoms with Crippen molar-refractivity contribution in [3.63, 3.8) is 0 Å². The highest BCUT2D eigenvalue weighted by Crippen LogP contribution is 2.22. The first-order valence-corrected chi connectivity index (χ1v) is 4.61. The van der Waals surface area contributed by atoms with Gasteiger partial charge in [-0.3, -0.25) is 5.10 Å². The Morgan fingerprint density at radius 3 is 2.53 bits per heavy atom. The smallest absolute Gasteiger partial charge is 0.127 e. The number of rotatable bonds is 2. The van der Waals surface area contributed by atoms with Gasteiger partial charge in [-0.15, -0.1) is 0 Å². The first-order valence-electron chi connectivity index (χ1n) is 4.61. The number of nitrogens with one attached hydrogen (secondary N) is 1. The molecule has 0 spiro atoms. The molecule has 0 aliphatic rings. The van der Waals surface area contributed by atoms with Gasteiger partial charge in [0.1, 0.15) is 5.82 Å². The number of nitrogen functional groups attached to an aromatic ring is 1. The number of nitrogens with zero attached hydrogens (tertiary/aromatic N) is 3. The van der Waals surface area contributed by atoms with Gasteiger partial charge in [0.25, 0.3) is 0 Å². The summed E-state index contributed by atoms with van der Waals surface area (Å²) in [5.41, 5.74) is 8.13. The van der Waals surface area contributed by atoms with Gasteiger partial charge in [0.15, 0.2) is 0 Å². The normalized spacial score (nSPS) is 10.3. The summed E-state index contributed by atoms with van der Waals surface area (Å²) in [5.74, 6) is 0.914. The fourth-order valence-electron chi connectivity index (χ4n) is 1.33. The largest absolute Gasteiger partial charge is 0.396 e. The lowest BCUT2D eigenvalue weighted by Gasteiger charge is -2.10. The predicted molar refractivity (Wildman–Crippen MR) is 60.6 cm³/mol. The monoisotopic (exact) mass is 203 g/mol. The van der Waals surface area contributed by atoms with Crippen LogP contribution < -0.4 is 10.6 Å². The Hall–Kier alpha value is -2.04. The van der Waals surface area contributed by atoms with Gasteiger partial charge in [0.05, 0.1) is 17.6 Å². The van der Waals surface area contributed by atoms with Gasteiger partial charge in [0.2, 0.25) is 0 Å². The molecule has 0 unspecified atom stereocenters. The molecular weight excluding hydrogens is 190 g/mol. The Morgan fingerprint density at radius 2 is 2.07 bits per heavy atom. The molecule has 0 saturated carbocycles. The third-order valence-electron chi connectivity index (χ3n) is 2.16. The quantitative estimate of drug-likeness (QED) is 0.767. The number of nitrogens with two attached hydrogens (primary N) is 1. The van der Waals surface area contributed by atoms with Gasteiger partial charge in [-0.25, -0.2) is 4.98 Å². The van der Waals surface area contributed by atoms with E-state index >= 15 is 0 Å². The lowest BCUT2D eigenvalue weighted by molar-refractivity contribution is 1.06. The van der Waals surface area contributed by atoms with E-state index in [2.05, 4.69) is 15.2 Å². The highest BCUT2D eigenvalue weighted by molar-refractivity contribution is 5.71. The zero-order chi connectivity index (χ0) is 10.8. The molecule has 2 heterocycles. The van der Waals surface area contributed by atoms with Gasteiger partial charge in [-0.05, 0) is 12.1 Å². The molecule has 0 fully saturated rings. The molecule has 0 radical (unpaired) electrons. The standard InChI is InChI=1S/C10H13N5/c1-15(2)9-4-3-7(5-12-9)10-8(11)6-13-14-10/h3-6H,11H2,1-2H3,(H,13,14). The molecule has 2 aromatic rings. The van der Waals surface area contributed by atoms with Crippen LogP contribution in [0.5, 0.6) is 0 Å². The van der Waals surface area contributed by atoms with Crippen molar-refractivity contribution >= 4 is 11.5 Å². The summed E-state index contributed by atoms with van der Waals surface area (Å²) >= 11 is 0. The van der Waals surface area contributed by atoms with E-state index in [-0.39, 0.29) is 0 Å². The second-order valence-corrected chi connectivity index (χ2v) is 3.50. The lowest BCUT2D eigenvalue weighted by atomic mass is 10.2. The molecular formula is C10H13N5. The van der Waals surface area contributed by atoms with Crippen LogP contribution in [0, 0.1) is 0 Å². The van der Waals surface area contributed by atoms with Crippen LogP contribution in [0.4, 0.5) is 11.5 Å². The van der Waals surface area contributed by atoms with Gasteiger partial charge in [0, 0.05) is 25.9 Å². The average molecular weight is 203 g/mol. The maximum absolute atomic E-state index is 5.74. The Morgan fingerprint density at radius 1 is 1.27 bits per heavy atom. The van der Waals surface area contributed by atoms with E-state index < -0.39 is 0 Å². The van der Waals surface area contributed by atoms with Crippen LogP contribution in [0.3, 0.4) is 0 Å². The molecule has 5 nitrogen and oxygen atoms in total. The minimum absolute atomic E-state index is 0.634. The summed E-state index contributed by atoms with van der Waals surface area (Å²) in [7, 11) is 3.90. The van der Waals surface area contributed by atoms with Gasteiger partial charge in [-0.2, -0.15) is 5.10 Å². The first kappa shape index (κ1) is 9.51. The molecule has 0 bridgehead atoms. The topological polar surface area (TPSA) is 70.8 Å².